The SMILES string of the molecule is Cn1c(OC(=O)OC(C)(C)C)c(Nc2ccncc2)c2c(F)cccc21. The summed E-state index contributed by atoms with van der Waals surface area (Å²) in [5.74, 6) is -0.259. The van der Waals surface area contributed by atoms with Crippen LogP contribution in [-0.2, 0) is 11.8 Å². The third-order valence-corrected chi connectivity index (χ3v) is 3.64. The van der Waals surface area contributed by atoms with Crippen LogP contribution in [-0.4, -0.2) is 21.3 Å². The van der Waals surface area contributed by atoms with E-state index >= 15 is 0 Å². The molecule has 0 unspecified atom stereocenters. The largest absolute Gasteiger partial charge is 0.515 e. The Kier molecular flexibility index (Phi) is 4.54. The molecular formula is C19H20FN3O3. The average molecular weight is 357 g/mol. The second kappa shape index (κ2) is 6.67. The van der Waals surface area contributed by atoms with Crippen LogP contribution in [0.25, 0.3) is 10.9 Å². The smallest absolute Gasteiger partial charge is 0.428 e. The molecule has 0 bridgehead atoms. The highest BCUT2D eigenvalue weighted by molar-refractivity contribution is 5.99. The van der Waals surface area contributed by atoms with Gasteiger partial charge >= 0.3 is 6.16 Å². The van der Waals surface area contributed by atoms with Crippen LogP contribution in [0.1, 0.15) is 20.8 Å². The number of pyridine rings is 1. The first-order valence-corrected chi connectivity index (χ1v) is 8.11. The zero-order chi connectivity index (χ0) is 18.9. The van der Waals surface area contributed by atoms with E-state index in [2.05, 4.69) is 10.3 Å². The molecule has 2 heterocycles. The molecule has 0 saturated carbocycles. The molecule has 1 N–H and O–H groups in total. The van der Waals surface area contributed by atoms with Gasteiger partial charge < -0.3 is 19.4 Å². The van der Waals surface area contributed by atoms with E-state index in [4.69, 9.17) is 9.47 Å². The van der Waals surface area contributed by atoms with Crippen LogP contribution in [0.4, 0.5) is 20.6 Å². The normalized spacial score (nSPS) is 11.4. The lowest BCUT2D eigenvalue weighted by atomic mass is 10.2. The summed E-state index contributed by atoms with van der Waals surface area (Å²) in [5.41, 5.74) is 0.911. The second-order valence-corrected chi connectivity index (χ2v) is 6.80. The number of fused-ring (bicyclic) bond motifs is 1. The molecule has 0 saturated heterocycles. The Bertz CT molecular complexity index is 946. The van der Waals surface area contributed by atoms with Crippen molar-refractivity contribution >= 4 is 28.4 Å². The molecule has 3 rings (SSSR count). The number of ether oxygens (including phenoxy) is 2. The van der Waals surface area contributed by atoms with Crippen LogP contribution in [0.3, 0.4) is 0 Å². The quantitative estimate of drug-likeness (QED) is 0.684. The van der Waals surface area contributed by atoms with Crippen molar-refractivity contribution in [3.8, 4) is 5.88 Å². The molecule has 0 fully saturated rings. The molecule has 0 aliphatic rings. The van der Waals surface area contributed by atoms with Crippen LogP contribution in [0.2, 0.25) is 0 Å². The lowest BCUT2D eigenvalue weighted by molar-refractivity contribution is 0.0193. The molecule has 0 atom stereocenters. The standard InChI is InChI=1S/C19H20FN3O3/c1-19(2,3)26-18(24)25-17-16(22-12-8-10-21-11-9-12)15-13(20)6-5-7-14(15)23(17)4/h5-11H,1-4H3,(H,21,22). The number of hydrogen-bond acceptors (Lipinski definition) is 5. The molecule has 0 aliphatic heterocycles. The fourth-order valence-corrected chi connectivity index (χ4v) is 2.59. The summed E-state index contributed by atoms with van der Waals surface area (Å²) in [6.45, 7) is 5.22. The first-order chi connectivity index (χ1) is 12.3. The number of nitrogens with zero attached hydrogens (tertiary/aromatic N) is 2. The average Bonchev–Trinajstić information content (AvgIpc) is 2.81. The zero-order valence-electron chi connectivity index (χ0n) is 15.0. The van der Waals surface area contributed by atoms with Crippen molar-refractivity contribution < 1.29 is 18.7 Å². The van der Waals surface area contributed by atoms with E-state index in [0.29, 0.717) is 22.3 Å². The summed E-state index contributed by atoms with van der Waals surface area (Å²) in [6, 6.07) is 8.18. The van der Waals surface area contributed by atoms with Crippen molar-refractivity contribution in [3.05, 3.63) is 48.5 Å². The molecule has 0 aliphatic carbocycles. The van der Waals surface area contributed by atoms with E-state index in [0.717, 1.165) is 0 Å². The Labute approximate surface area is 150 Å². The van der Waals surface area contributed by atoms with Gasteiger partial charge in [0.1, 0.15) is 17.1 Å². The highest BCUT2D eigenvalue weighted by atomic mass is 19.1. The fraction of sp³-hybridized carbons (Fsp3) is 0.263. The van der Waals surface area contributed by atoms with Crippen molar-refractivity contribution in [1.82, 2.24) is 9.55 Å². The van der Waals surface area contributed by atoms with Gasteiger partial charge in [0.15, 0.2) is 0 Å². The molecule has 0 radical (unpaired) electrons. The number of benzene rings is 1. The number of carbonyl (C=O) groups excluding carboxylic acids is 1. The fourth-order valence-electron chi connectivity index (χ4n) is 2.59. The van der Waals surface area contributed by atoms with Gasteiger partial charge in [0.05, 0.1) is 10.9 Å². The predicted molar refractivity (Wildman–Crippen MR) is 97.3 cm³/mol. The molecule has 7 heteroatoms. The van der Waals surface area contributed by atoms with E-state index in [1.807, 2.05) is 0 Å². The molecule has 6 nitrogen and oxygen atoms in total. The maximum Gasteiger partial charge on any atom is 0.515 e. The van der Waals surface area contributed by atoms with Gasteiger partial charge in [-0.25, -0.2) is 9.18 Å². The number of halogens is 1. The van der Waals surface area contributed by atoms with Gasteiger partial charge in [-0.05, 0) is 45.0 Å². The first-order valence-electron chi connectivity index (χ1n) is 8.11. The van der Waals surface area contributed by atoms with Crippen molar-refractivity contribution in [2.24, 2.45) is 7.05 Å². The zero-order valence-corrected chi connectivity index (χ0v) is 15.0. The highest BCUT2D eigenvalue weighted by Gasteiger charge is 2.25. The molecule has 0 spiro atoms. The van der Waals surface area contributed by atoms with Gasteiger partial charge in [-0.2, -0.15) is 0 Å². The lowest BCUT2D eigenvalue weighted by Crippen LogP contribution is -2.26. The summed E-state index contributed by atoms with van der Waals surface area (Å²) in [5, 5.41) is 3.44. The molecule has 3 aromatic rings. The third-order valence-electron chi connectivity index (χ3n) is 3.64. The van der Waals surface area contributed by atoms with Crippen LogP contribution < -0.4 is 10.1 Å². The molecule has 26 heavy (non-hydrogen) atoms. The predicted octanol–water partition coefficient (Wildman–Crippen LogP) is 4.77. The Morgan fingerprint density at radius 1 is 1.19 bits per heavy atom. The Morgan fingerprint density at radius 3 is 2.54 bits per heavy atom. The number of carbonyl (C=O) groups is 1. The molecule has 136 valence electrons. The summed E-state index contributed by atoms with van der Waals surface area (Å²) >= 11 is 0. The number of anilines is 2. The van der Waals surface area contributed by atoms with Gasteiger partial charge in [-0.15, -0.1) is 0 Å². The Morgan fingerprint density at radius 2 is 1.88 bits per heavy atom. The van der Waals surface area contributed by atoms with Gasteiger partial charge in [0, 0.05) is 25.1 Å². The topological polar surface area (TPSA) is 65.4 Å². The third kappa shape index (κ3) is 3.61. The first kappa shape index (κ1) is 17.7. The molecule has 2 aromatic heterocycles. The van der Waals surface area contributed by atoms with Crippen molar-refractivity contribution in [3.63, 3.8) is 0 Å². The van der Waals surface area contributed by atoms with Crippen molar-refractivity contribution in [2.45, 2.75) is 26.4 Å². The Balaban J connectivity index is 2.09. The van der Waals surface area contributed by atoms with Gasteiger partial charge in [-0.1, -0.05) is 6.07 Å². The maximum absolute atomic E-state index is 14.5. The molecular weight excluding hydrogens is 337 g/mol. The van der Waals surface area contributed by atoms with E-state index in [1.54, 1.807) is 69.0 Å². The summed E-state index contributed by atoms with van der Waals surface area (Å²) in [4.78, 5) is 16.1. The minimum absolute atomic E-state index is 0.163. The number of aromatic nitrogens is 2. The van der Waals surface area contributed by atoms with Crippen LogP contribution in [0.15, 0.2) is 42.7 Å². The highest BCUT2D eigenvalue weighted by Crippen LogP contribution is 2.39. The second-order valence-electron chi connectivity index (χ2n) is 6.80. The number of aryl methyl sites for hydroxylation is 1. The van der Waals surface area contributed by atoms with Crippen molar-refractivity contribution in [2.75, 3.05) is 5.32 Å². The lowest BCUT2D eigenvalue weighted by Gasteiger charge is -2.19. The molecule has 1 aromatic carbocycles. The van der Waals surface area contributed by atoms with Gasteiger partial charge in [-0.3, -0.25) is 4.98 Å². The summed E-state index contributed by atoms with van der Waals surface area (Å²) in [7, 11) is 1.69. The number of rotatable bonds is 3. The minimum Gasteiger partial charge on any atom is -0.428 e. The number of nitrogens with one attached hydrogen (secondary N) is 1. The molecule has 0 amide bonds. The van der Waals surface area contributed by atoms with Crippen molar-refractivity contribution in [1.29, 1.82) is 0 Å². The van der Waals surface area contributed by atoms with E-state index in [9.17, 15) is 9.18 Å². The number of hydrogen-bond donors (Lipinski definition) is 1. The van der Waals surface area contributed by atoms with Crippen LogP contribution >= 0.6 is 0 Å². The summed E-state index contributed by atoms with van der Waals surface area (Å²) in [6.07, 6.45) is 2.36. The van der Waals surface area contributed by atoms with E-state index < -0.39 is 17.6 Å². The van der Waals surface area contributed by atoms with Gasteiger partial charge in [0.25, 0.3) is 0 Å². The Hall–Kier alpha value is -3.09. The van der Waals surface area contributed by atoms with Crippen LogP contribution in [0, 0.1) is 5.82 Å². The van der Waals surface area contributed by atoms with Crippen LogP contribution in [0.5, 0.6) is 5.88 Å². The maximum atomic E-state index is 14.5. The van der Waals surface area contributed by atoms with Gasteiger partial charge in [0.2, 0.25) is 5.88 Å². The monoisotopic (exact) mass is 357 g/mol. The van der Waals surface area contributed by atoms with E-state index in [1.165, 1.54) is 6.07 Å². The minimum atomic E-state index is -0.860. The summed E-state index contributed by atoms with van der Waals surface area (Å²) < 4.78 is 26.8. The van der Waals surface area contributed by atoms with E-state index in [-0.39, 0.29) is 5.88 Å².